The first-order chi connectivity index (χ1) is 12.9. The third kappa shape index (κ3) is 3.12. The van der Waals surface area contributed by atoms with Crippen LogP contribution in [0.4, 0.5) is 4.39 Å². The summed E-state index contributed by atoms with van der Waals surface area (Å²) in [7, 11) is 0. The molecule has 0 atom stereocenters. The second-order valence-electron chi connectivity index (χ2n) is 6.07. The number of fused-ring (bicyclic) bond motifs is 1. The van der Waals surface area contributed by atoms with Gasteiger partial charge in [-0.1, -0.05) is 6.07 Å². The molecule has 0 aliphatic carbocycles. The summed E-state index contributed by atoms with van der Waals surface area (Å²) in [4.78, 5) is 12.8. The van der Waals surface area contributed by atoms with E-state index in [0.29, 0.717) is 37.7 Å². The van der Waals surface area contributed by atoms with E-state index in [9.17, 15) is 9.18 Å². The summed E-state index contributed by atoms with van der Waals surface area (Å²) in [5.41, 5.74) is 1.27. The number of rotatable bonds is 4. The lowest BCUT2D eigenvalue weighted by molar-refractivity contribution is 0.0444. The van der Waals surface area contributed by atoms with E-state index in [1.807, 2.05) is 6.92 Å². The Morgan fingerprint density at radius 3 is 2.74 bits per heavy atom. The van der Waals surface area contributed by atoms with Crippen LogP contribution < -0.4 is 0 Å². The van der Waals surface area contributed by atoms with Crippen molar-refractivity contribution in [3.05, 3.63) is 57.9 Å². The average molecular weight is 386 g/mol. The Morgan fingerprint density at radius 2 is 2.04 bits per heavy atom. The molecule has 0 amide bonds. The molecule has 0 fully saturated rings. The van der Waals surface area contributed by atoms with Gasteiger partial charge in [-0.05, 0) is 44.5 Å². The fourth-order valence-corrected chi connectivity index (χ4v) is 4.02. The lowest BCUT2D eigenvalue weighted by atomic mass is 10.1. The molecular weight excluding hydrogens is 371 g/mol. The van der Waals surface area contributed by atoms with Crippen LogP contribution in [0, 0.1) is 26.6 Å². The predicted octanol–water partition coefficient (Wildman–Crippen LogP) is 4.97. The van der Waals surface area contributed by atoms with E-state index in [4.69, 9.17) is 13.6 Å². The lowest BCUT2D eigenvalue weighted by Gasteiger charge is -2.01. The molecule has 0 saturated heterocycles. The van der Waals surface area contributed by atoms with Crippen molar-refractivity contribution in [2.75, 3.05) is 0 Å². The van der Waals surface area contributed by atoms with Gasteiger partial charge in [-0.3, -0.25) is 0 Å². The van der Waals surface area contributed by atoms with Gasteiger partial charge in [0.2, 0.25) is 0 Å². The van der Waals surface area contributed by atoms with Gasteiger partial charge in [0.05, 0.1) is 5.56 Å². The molecule has 0 saturated carbocycles. The molecule has 4 rings (SSSR count). The number of benzene rings is 1. The van der Waals surface area contributed by atoms with Crippen molar-refractivity contribution in [1.29, 1.82) is 0 Å². The Balaban J connectivity index is 1.51. The van der Waals surface area contributed by atoms with Gasteiger partial charge in [-0.25, -0.2) is 9.18 Å². The zero-order valence-corrected chi connectivity index (χ0v) is 15.6. The monoisotopic (exact) mass is 386 g/mol. The van der Waals surface area contributed by atoms with Crippen LogP contribution in [0.15, 0.2) is 33.1 Å². The molecule has 0 aliphatic heterocycles. The summed E-state index contributed by atoms with van der Waals surface area (Å²) >= 11 is 1.19. The fourth-order valence-electron chi connectivity index (χ4n) is 2.90. The molecule has 0 unspecified atom stereocenters. The van der Waals surface area contributed by atoms with Crippen molar-refractivity contribution in [3.63, 3.8) is 0 Å². The highest BCUT2D eigenvalue weighted by atomic mass is 32.1. The Morgan fingerprint density at radius 1 is 1.22 bits per heavy atom. The maximum Gasteiger partial charge on any atom is 0.349 e. The van der Waals surface area contributed by atoms with Gasteiger partial charge in [0.1, 0.15) is 22.2 Å². The van der Waals surface area contributed by atoms with E-state index in [1.54, 1.807) is 32.0 Å². The van der Waals surface area contributed by atoms with Crippen molar-refractivity contribution in [3.8, 4) is 11.5 Å². The van der Waals surface area contributed by atoms with Gasteiger partial charge in [0, 0.05) is 10.1 Å². The topological polar surface area (TPSA) is 78.4 Å². The van der Waals surface area contributed by atoms with Gasteiger partial charge < -0.3 is 13.6 Å². The third-order valence-corrected chi connectivity index (χ3v) is 5.39. The van der Waals surface area contributed by atoms with Gasteiger partial charge in [-0.15, -0.1) is 21.5 Å². The first-order valence-electron chi connectivity index (χ1n) is 8.18. The Bertz CT molecular complexity index is 1160. The number of aryl methyl sites for hydroxylation is 3. The van der Waals surface area contributed by atoms with Crippen molar-refractivity contribution in [2.45, 2.75) is 27.4 Å². The average Bonchev–Trinajstić information content (AvgIpc) is 3.31. The highest BCUT2D eigenvalue weighted by Gasteiger charge is 2.20. The first kappa shape index (κ1) is 17.4. The number of esters is 1. The summed E-state index contributed by atoms with van der Waals surface area (Å²) in [6.07, 6.45) is 0. The van der Waals surface area contributed by atoms with Crippen molar-refractivity contribution >= 4 is 27.4 Å². The van der Waals surface area contributed by atoms with Crippen LogP contribution in [0.3, 0.4) is 0 Å². The van der Waals surface area contributed by atoms with Crippen molar-refractivity contribution in [1.82, 2.24) is 10.2 Å². The Kier molecular flexibility index (Phi) is 4.27. The summed E-state index contributed by atoms with van der Waals surface area (Å²) in [5, 5.41) is 8.30. The molecule has 4 aromatic rings. The zero-order valence-electron chi connectivity index (χ0n) is 14.8. The molecular formula is C19H15FN2O4S. The standard InChI is InChI=1S/C19H15FN2O4S/c1-9-7-12(11(3)25-9)18-22-21-15(26-18)8-24-19(23)17-10(2)16-13(20)5-4-6-14(16)27-17/h4-7H,8H2,1-3H3. The van der Waals surface area contributed by atoms with Crippen LogP contribution in [0.5, 0.6) is 0 Å². The summed E-state index contributed by atoms with van der Waals surface area (Å²) < 4.78 is 31.0. The predicted molar refractivity (Wildman–Crippen MR) is 97.1 cm³/mol. The highest BCUT2D eigenvalue weighted by Crippen LogP contribution is 2.33. The Hall–Kier alpha value is -3.00. The number of aromatic nitrogens is 2. The number of thiophene rings is 1. The van der Waals surface area contributed by atoms with E-state index in [-0.39, 0.29) is 18.3 Å². The molecule has 0 aliphatic rings. The second-order valence-corrected chi connectivity index (χ2v) is 7.13. The normalized spacial score (nSPS) is 11.3. The maximum absolute atomic E-state index is 14.0. The second kappa shape index (κ2) is 6.62. The molecule has 138 valence electrons. The molecule has 0 bridgehead atoms. The maximum atomic E-state index is 14.0. The molecule has 0 N–H and O–H groups in total. The number of halogens is 1. The summed E-state index contributed by atoms with van der Waals surface area (Å²) in [6, 6.07) is 6.55. The number of carbonyl (C=O) groups excluding carboxylic acids is 1. The quantitative estimate of drug-likeness (QED) is 0.461. The number of hydrogen-bond donors (Lipinski definition) is 0. The Labute approximate surface area is 157 Å². The van der Waals surface area contributed by atoms with Crippen LogP contribution in [-0.2, 0) is 11.3 Å². The molecule has 8 heteroatoms. The van der Waals surface area contributed by atoms with Gasteiger partial charge in [0.15, 0.2) is 6.61 Å². The van der Waals surface area contributed by atoms with E-state index in [1.165, 1.54) is 17.4 Å². The van der Waals surface area contributed by atoms with Crippen LogP contribution in [-0.4, -0.2) is 16.2 Å². The number of nitrogens with zero attached hydrogens (tertiary/aromatic N) is 2. The lowest BCUT2D eigenvalue weighted by Crippen LogP contribution is -2.05. The largest absolute Gasteiger partial charge is 0.466 e. The van der Waals surface area contributed by atoms with Gasteiger partial charge >= 0.3 is 5.97 Å². The van der Waals surface area contributed by atoms with Crippen LogP contribution in [0.25, 0.3) is 21.5 Å². The van der Waals surface area contributed by atoms with Crippen LogP contribution in [0.2, 0.25) is 0 Å². The molecule has 27 heavy (non-hydrogen) atoms. The van der Waals surface area contributed by atoms with Crippen LogP contribution >= 0.6 is 11.3 Å². The van der Waals surface area contributed by atoms with Gasteiger partial charge in [0.25, 0.3) is 11.8 Å². The molecule has 0 spiro atoms. The number of hydrogen-bond acceptors (Lipinski definition) is 7. The smallest absolute Gasteiger partial charge is 0.349 e. The minimum Gasteiger partial charge on any atom is -0.466 e. The van der Waals surface area contributed by atoms with Crippen LogP contribution in [0.1, 0.15) is 32.6 Å². The highest BCUT2D eigenvalue weighted by molar-refractivity contribution is 7.21. The fraction of sp³-hybridized carbons (Fsp3) is 0.211. The minimum absolute atomic E-state index is 0.168. The van der Waals surface area contributed by atoms with Gasteiger partial charge in [-0.2, -0.15) is 0 Å². The molecule has 1 aromatic carbocycles. The SMILES string of the molecule is Cc1cc(-c2nnc(COC(=O)c3sc4cccc(F)c4c3C)o2)c(C)o1. The first-order valence-corrected chi connectivity index (χ1v) is 9.00. The van der Waals surface area contributed by atoms with E-state index in [0.717, 1.165) is 5.76 Å². The van der Waals surface area contributed by atoms with E-state index in [2.05, 4.69) is 10.2 Å². The molecule has 3 aromatic heterocycles. The van der Waals surface area contributed by atoms with E-state index >= 15 is 0 Å². The number of ether oxygens (including phenoxy) is 1. The van der Waals surface area contributed by atoms with Crippen molar-refractivity contribution < 1.29 is 22.8 Å². The summed E-state index contributed by atoms with van der Waals surface area (Å²) in [6.45, 7) is 5.16. The third-order valence-electron chi connectivity index (χ3n) is 4.15. The van der Waals surface area contributed by atoms with E-state index < -0.39 is 5.97 Å². The minimum atomic E-state index is -0.553. The number of furan rings is 1. The number of carbonyl (C=O) groups is 1. The summed E-state index contributed by atoms with van der Waals surface area (Å²) in [5.74, 6) is 0.969. The molecule has 6 nitrogen and oxygen atoms in total. The zero-order chi connectivity index (χ0) is 19.1. The molecule has 0 radical (unpaired) electrons. The van der Waals surface area contributed by atoms with Crippen molar-refractivity contribution in [2.24, 2.45) is 0 Å². The molecule has 3 heterocycles.